The van der Waals surface area contributed by atoms with Gasteiger partial charge in [-0.15, -0.1) is 10.2 Å². The Bertz CT molecular complexity index is 566. The molecule has 0 saturated carbocycles. The number of tetrazole rings is 1. The number of aromatic nitrogens is 4. The fourth-order valence-corrected chi connectivity index (χ4v) is 1.67. The van der Waals surface area contributed by atoms with E-state index in [9.17, 15) is 4.79 Å². The topological polar surface area (TPSA) is 122 Å². The first-order valence-corrected chi connectivity index (χ1v) is 5.73. The fourth-order valence-electron chi connectivity index (χ4n) is 1.67. The van der Waals surface area contributed by atoms with Crippen LogP contribution >= 0.6 is 0 Å². The molecule has 19 heavy (non-hydrogen) atoms. The van der Waals surface area contributed by atoms with Crippen molar-refractivity contribution >= 4 is 11.6 Å². The van der Waals surface area contributed by atoms with Crippen LogP contribution in [0.1, 0.15) is 34.7 Å². The molecule has 0 aliphatic rings. The number of hydrazine groups is 1. The van der Waals surface area contributed by atoms with Crippen LogP contribution in [0.5, 0.6) is 0 Å². The van der Waals surface area contributed by atoms with Gasteiger partial charge < -0.3 is 10.7 Å². The van der Waals surface area contributed by atoms with Crippen LogP contribution in [0.2, 0.25) is 0 Å². The number of anilines is 1. The largest absolute Gasteiger partial charge is 0.342 e. The highest BCUT2D eigenvalue weighted by Crippen LogP contribution is 2.17. The van der Waals surface area contributed by atoms with E-state index in [0.29, 0.717) is 17.1 Å². The lowest BCUT2D eigenvalue weighted by Crippen LogP contribution is -2.28. The van der Waals surface area contributed by atoms with Crippen LogP contribution in [0, 0.1) is 6.92 Å². The summed E-state index contributed by atoms with van der Waals surface area (Å²) in [5.41, 5.74) is 4.55. The monoisotopic (exact) mass is 261 g/mol. The lowest BCUT2D eigenvalue weighted by molar-refractivity contribution is 0.0939. The molecular formula is C11H15N7O. The third-order valence-corrected chi connectivity index (χ3v) is 2.67. The average Bonchev–Trinajstić information content (AvgIpc) is 2.92. The van der Waals surface area contributed by atoms with E-state index in [1.165, 1.54) is 0 Å². The SMILES string of the molecule is Cc1ccc(C(=O)NC(C)c2nn[nH]n2)c(NN)c1. The van der Waals surface area contributed by atoms with Gasteiger partial charge in [-0.2, -0.15) is 5.21 Å². The number of carbonyl (C=O) groups excluding carboxylic acids is 1. The molecule has 1 amide bonds. The van der Waals surface area contributed by atoms with Crippen molar-refractivity contribution in [1.29, 1.82) is 0 Å². The van der Waals surface area contributed by atoms with Gasteiger partial charge in [0.15, 0.2) is 5.82 Å². The van der Waals surface area contributed by atoms with E-state index in [1.807, 2.05) is 13.0 Å². The molecule has 0 fully saturated rings. The summed E-state index contributed by atoms with van der Waals surface area (Å²) >= 11 is 0. The molecular weight excluding hydrogens is 246 g/mol. The minimum Gasteiger partial charge on any atom is -0.342 e. The summed E-state index contributed by atoms with van der Waals surface area (Å²) in [5.74, 6) is 5.57. The Morgan fingerprint density at radius 3 is 2.89 bits per heavy atom. The molecule has 0 bridgehead atoms. The Morgan fingerprint density at radius 1 is 1.47 bits per heavy atom. The molecule has 0 saturated heterocycles. The lowest BCUT2D eigenvalue weighted by atomic mass is 10.1. The highest BCUT2D eigenvalue weighted by molar-refractivity contribution is 5.99. The highest BCUT2D eigenvalue weighted by Gasteiger charge is 2.17. The van der Waals surface area contributed by atoms with Crippen molar-refractivity contribution in [2.24, 2.45) is 5.84 Å². The van der Waals surface area contributed by atoms with Crippen LogP contribution in [0.3, 0.4) is 0 Å². The summed E-state index contributed by atoms with van der Waals surface area (Å²) in [7, 11) is 0. The Hall–Kier alpha value is -2.48. The molecule has 0 radical (unpaired) electrons. The van der Waals surface area contributed by atoms with Crippen molar-refractivity contribution in [3.8, 4) is 0 Å². The third kappa shape index (κ3) is 2.86. The molecule has 0 aliphatic heterocycles. The Labute approximate surface area is 109 Å². The molecule has 5 N–H and O–H groups in total. The van der Waals surface area contributed by atoms with Crippen molar-refractivity contribution in [2.45, 2.75) is 19.9 Å². The number of nitrogens with zero attached hydrogens (tertiary/aromatic N) is 3. The molecule has 2 aromatic rings. The molecule has 1 aromatic carbocycles. The first-order chi connectivity index (χ1) is 9.11. The Balaban J connectivity index is 2.16. The van der Waals surface area contributed by atoms with Gasteiger partial charge >= 0.3 is 0 Å². The first-order valence-electron chi connectivity index (χ1n) is 5.73. The molecule has 8 heteroatoms. The zero-order valence-corrected chi connectivity index (χ0v) is 10.6. The number of nitrogens with one attached hydrogen (secondary N) is 3. The van der Waals surface area contributed by atoms with Gasteiger partial charge in [-0.25, -0.2) is 0 Å². The molecule has 1 aromatic heterocycles. The molecule has 0 spiro atoms. The van der Waals surface area contributed by atoms with Crippen LogP contribution in [0.4, 0.5) is 5.69 Å². The number of benzene rings is 1. The maximum absolute atomic E-state index is 12.1. The summed E-state index contributed by atoms with van der Waals surface area (Å²) in [4.78, 5) is 12.1. The zero-order chi connectivity index (χ0) is 13.8. The molecule has 2 rings (SSSR count). The third-order valence-electron chi connectivity index (χ3n) is 2.67. The van der Waals surface area contributed by atoms with Gasteiger partial charge in [0, 0.05) is 0 Å². The smallest absolute Gasteiger partial charge is 0.254 e. The second-order valence-corrected chi connectivity index (χ2v) is 4.16. The number of hydrogen-bond donors (Lipinski definition) is 4. The van der Waals surface area contributed by atoms with E-state index in [1.54, 1.807) is 19.1 Å². The van der Waals surface area contributed by atoms with E-state index in [2.05, 4.69) is 31.4 Å². The molecule has 100 valence electrons. The van der Waals surface area contributed by atoms with E-state index in [4.69, 9.17) is 5.84 Å². The van der Waals surface area contributed by atoms with E-state index < -0.39 is 0 Å². The number of nitrogen functional groups attached to an aromatic ring is 1. The van der Waals surface area contributed by atoms with Gasteiger partial charge in [-0.1, -0.05) is 11.3 Å². The van der Waals surface area contributed by atoms with Crippen molar-refractivity contribution in [2.75, 3.05) is 5.43 Å². The number of H-pyrrole nitrogens is 1. The standard InChI is InChI=1S/C11H15N7O/c1-6-3-4-8(9(5-6)14-12)11(19)13-7(2)10-15-17-18-16-10/h3-5,7,14H,12H2,1-2H3,(H,13,19)(H,15,16,17,18). The maximum atomic E-state index is 12.1. The number of aromatic amines is 1. The minimum atomic E-state index is -0.349. The number of amides is 1. The van der Waals surface area contributed by atoms with Crippen LogP contribution in [-0.2, 0) is 0 Å². The molecule has 1 atom stereocenters. The second-order valence-electron chi connectivity index (χ2n) is 4.16. The fraction of sp³-hybridized carbons (Fsp3) is 0.273. The minimum absolute atomic E-state index is 0.259. The first kappa shape index (κ1) is 13.0. The number of hydrogen-bond acceptors (Lipinski definition) is 6. The van der Waals surface area contributed by atoms with Crippen molar-refractivity contribution in [3.63, 3.8) is 0 Å². The predicted octanol–water partition coefficient (Wildman–Crippen LogP) is 0.285. The predicted molar refractivity (Wildman–Crippen MR) is 69.0 cm³/mol. The molecule has 0 aliphatic carbocycles. The van der Waals surface area contributed by atoms with Gasteiger partial charge in [0.05, 0.1) is 17.3 Å². The summed E-state index contributed by atoms with van der Waals surface area (Å²) in [6, 6.07) is 5.00. The van der Waals surface area contributed by atoms with E-state index in [0.717, 1.165) is 5.56 Å². The van der Waals surface area contributed by atoms with Gasteiger partial charge in [0.1, 0.15) is 0 Å². The van der Waals surface area contributed by atoms with Crippen molar-refractivity contribution in [1.82, 2.24) is 25.9 Å². The summed E-state index contributed by atoms with van der Waals surface area (Å²) < 4.78 is 0. The van der Waals surface area contributed by atoms with Crippen molar-refractivity contribution in [3.05, 3.63) is 35.2 Å². The lowest BCUT2D eigenvalue weighted by Gasteiger charge is -2.13. The normalized spacial score (nSPS) is 11.9. The second kappa shape index (κ2) is 5.44. The van der Waals surface area contributed by atoms with Crippen LogP contribution in [0.25, 0.3) is 0 Å². The van der Waals surface area contributed by atoms with Crippen molar-refractivity contribution < 1.29 is 4.79 Å². The average molecular weight is 261 g/mol. The maximum Gasteiger partial charge on any atom is 0.254 e. The van der Waals surface area contributed by atoms with Gasteiger partial charge in [-0.3, -0.25) is 10.6 Å². The Morgan fingerprint density at radius 2 is 2.26 bits per heavy atom. The highest BCUT2D eigenvalue weighted by atomic mass is 16.1. The molecule has 8 nitrogen and oxygen atoms in total. The number of rotatable bonds is 4. The zero-order valence-electron chi connectivity index (χ0n) is 10.6. The molecule has 1 unspecified atom stereocenters. The number of nitrogens with two attached hydrogens (primary N) is 1. The Kier molecular flexibility index (Phi) is 3.71. The number of carbonyl (C=O) groups is 1. The summed E-state index contributed by atoms with van der Waals surface area (Å²) in [6.45, 7) is 3.69. The van der Waals surface area contributed by atoms with Crippen LogP contribution in [0.15, 0.2) is 18.2 Å². The van der Waals surface area contributed by atoms with Crippen LogP contribution < -0.4 is 16.6 Å². The van der Waals surface area contributed by atoms with Gasteiger partial charge in [0.2, 0.25) is 0 Å². The van der Waals surface area contributed by atoms with Gasteiger partial charge in [0.25, 0.3) is 5.91 Å². The number of aryl methyl sites for hydroxylation is 1. The summed E-state index contributed by atoms with van der Waals surface area (Å²) in [5, 5.41) is 16.2. The van der Waals surface area contributed by atoms with E-state index >= 15 is 0 Å². The van der Waals surface area contributed by atoms with E-state index in [-0.39, 0.29) is 11.9 Å². The quantitative estimate of drug-likeness (QED) is 0.463. The molecule has 1 heterocycles. The van der Waals surface area contributed by atoms with Crippen LogP contribution in [-0.4, -0.2) is 26.5 Å². The summed E-state index contributed by atoms with van der Waals surface area (Å²) in [6.07, 6.45) is 0. The van der Waals surface area contributed by atoms with Gasteiger partial charge in [-0.05, 0) is 31.5 Å².